The van der Waals surface area contributed by atoms with Gasteiger partial charge in [-0.1, -0.05) is 23.2 Å². The van der Waals surface area contributed by atoms with Crippen LogP contribution in [0.25, 0.3) is 11.0 Å². The third-order valence-corrected chi connectivity index (χ3v) is 3.15. The minimum absolute atomic E-state index is 0.00380. The van der Waals surface area contributed by atoms with Crippen molar-refractivity contribution in [3.05, 3.63) is 37.6 Å². The van der Waals surface area contributed by atoms with Crippen molar-refractivity contribution in [2.45, 2.75) is 6.92 Å². The van der Waals surface area contributed by atoms with Crippen molar-refractivity contribution in [2.75, 3.05) is 0 Å². The maximum atomic E-state index is 11.2. The summed E-state index contributed by atoms with van der Waals surface area (Å²) in [6, 6.07) is 1.12. The molecule has 1 N–H and O–H groups in total. The number of nitro benzene ring substituents is 1. The van der Waals surface area contributed by atoms with E-state index in [4.69, 9.17) is 28.3 Å². The molecular formula is C10H5Cl2N3O4. The molecule has 7 nitrogen and oxygen atoms in total. The van der Waals surface area contributed by atoms with Crippen LogP contribution in [0.15, 0.2) is 6.07 Å². The number of carbonyl (C=O) groups is 1. The Morgan fingerprint density at radius 2 is 1.95 bits per heavy atom. The minimum Gasteiger partial charge on any atom is -0.478 e. The number of aromatic carboxylic acids is 1. The smallest absolute Gasteiger partial charge is 0.338 e. The Bertz CT molecular complexity index is 733. The number of carboxylic acids is 1. The Labute approximate surface area is 115 Å². The summed E-state index contributed by atoms with van der Waals surface area (Å²) in [5, 5.41) is 19.7. The van der Waals surface area contributed by atoms with Crippen LogP contribution < -0.4 is 0 Å². The summed E-state index contributed by atoms with van der Waals surface area (Å²) < 4.78 is 0. The predicted molar refractivity (Wildman–Crippen MR) is 67.9 cm³/mol. The van der Waals surface area contributed by atoms with E-state index in [9.17, 15) is 14.9 Å². The molecule has 0 saturated heterocycles. The molecule has 19 heavy (non-hydrogen) atoms. The lowest BCUT2D eigenvalue weighted by Gasteiger charge is -2.07. The second kappa shape index (κ2) is 4.60. The van der Waals surface area contributed by atoms with E-state index in [0.29, 0.717) is 0 Å². The minimum atomic E-state index is -1.35. The molecule has 2 aromatic rings. The van der Waals surface area contributed by atoms with Crippen molar-refractivity contribution in [2.24, 2.45) is 0 Å². The van der Waals surface area contributed by atoms with Crippen LogP contribution in [-0.4, -0.2) is 26.0 Å². The number of aromatic nitrogens is 2. The number of hydrogen-bond donors (Lipinski definition) is 1. The van der Waals surface area contributed by atoms with E-state index in [0.717, 1.165) is 6.07 Å². The number of hydrogen-bond acceptors (Lipinski definition) is 5. The fraction of sp³-hybridized carbons (Fsp3) is 0.100. The first-order valence-corrected chi connectivity index (χ1v) is 5.62. The normalized spacial score (nSPS) is 10.7. The Hall–Kier alpha value is -1.99. The summed E-state index contributed by atoms with van der Waals surface area (Å²) in [6.45, 7) is 1.32. The Kier molecular flexibility index (Phi) is 3.25. The molecule has 1 heterocycles. The summed E-state index contributed by atoms with van der Waals surface area (Å²) in [5.41, 5.74) is -0.723. The number of rotatable bonds is 2. The summed E-state index contributed by atoms with van der Waals surface area (Å²) in [5.74, 6) is -1.35. The largest absolute Gasteiger partial charge is 0.478 e. The Morgan fingerprint density at radius 1 is 1.37 bits per heavy atom. The number of carboxylic acid groups (broad SMARTS) is 1. The van der Waals surface area contributed by atoms with Crippen LogP contribution in [0.4, 0.5) is 5.69 Å². The summed E-state index contributed by atoms with van der Waals surface area (Å²) >= 11 is 11.4. The average molecular weight is 302 g/mol. The van der Waals surface area contributed by atoms with E-state index >= 15 is 0 Å². The molecule has 0 unspecified atom stereocenters. The zero-order valence-corrected chi connectivity index (χ0v) is 10.9. The summed E-state index contributed by atoms with van der Waals surface area (Å²) in [7, 11) is 0. The lowest BCUT2D eigenvalue weighted by atomic mass is 10.0. The molecule has 0 amide bonds. The van der Waals surface area contributed by atoms with Crippen LogP contribution in [0.1, 0.15) is 15.9 Å². The molecule has 0 saturated carbocycles. The van der Waals surface area contributed by atoms with Gasteiger partial charge in [0.05, 0.1) is 16.0 Å². The number of halogens is 2. The highest BCUT2D eigenvalue weighted by molar-refractivity contribution is 6.40. The first-order chi connectivity index (χ1) is 8.82. The first-order valence-electron chi connectivity index (χ1n) is 4.87. The van der Waals surface area contributed by atoms with Crippen LogP contribution in [0.2, 0.25) is 10.3 Å². The molecule has 2 rings (SSSR count). The molecule has 0 spiro atoms. The lowest BCUT2D eigenvalue weighted by Crippen LogP contribution is -2.06. The number of nitrogens with zero attached hydrogens (tertiary/aromatic N) is 3. The van der Waals surface area contributed by atoms with Crippen molar-refractivity contribution in [1.82, 2.24) is 9.97 Å². The van der Waals surface area contributed by atoms with E-state index in [-0.39, 0.29) is 38.2 Å². The number of nitro groups is 1. The summed E-state index contributed by atoms with van der Waals surface area (Å²) in [6.07, 6.45) is 0. The van der Waals surface area contributed by atoms with Gasteiger partial charge in [0.2, 0.25) is 0 Å². The highest BCUT2D eigenvalue weighted by Gasteiger charge is 2.24. The second-order valence-corrected chi connectivity index (χ2v) is 4.35. The number of fused-ring (bicyclic) bond motifs is 1. The van der Waals surface area contributed by atoms with Gasteiger partial charge in [0, 0.05) is 11.6 Å². The van der Waals surface area contributed by atoms with Gasteiger partial charge >= 0.3 is 5.97 Å². The molecule has 0 aliphatic heterocycles. The van der Waals surface area contributed by atoms with Gasteiger partial charge in [-0.3, -0.25) is 10.1 Å². The number of benzene rings is 1. The van der Waals surface area contributed by atoms with Gasteiger partial charge in [-0.2, -0.15) is 0 Å². The third kappa shape index (κ3) is 2.18. The molecule has 9 heteroatoms. The summed E-state index contributed by atoms with van der Waals surface area (Å²) in [4.78, 5) is 29.1. The lowest BCUT2D eigenvalue weighted by molar-refractivity contribution is -0.385. The molecular weight excluding hydrogens is 297 g/mol. The molecule has 1 aromatic carbocycles. The highest BCUT2D eigenvalue weighted by atomic mass is 35.5. The third-order valence-electron chi connectivity index (χ3n) is 2.52. The van der Waals surface area contributed by atoms with E-state index in [1.165, 1.54) is 6.92 Å². The zero-order chi connectivity index (χ0) is 14.3. The van der Waals surface area contributed by atoms with Crippen LogP contribution >= 0.6 is 23.2 Å². The van der Waals surface area contributed by atoms with Crippen molar-refractivity contribution in [1.29, 1.82) is 0 Å². The van der Waals surface area contributed by atoms with Gasteiger partial charge in [-0.15, -0.1) is 0 Å². The van der Waals surface area contributed by atoms with Crippen LogP contribution in [0, 0.1) is 17.0 Å². The molecule has 0 fully saturated rings. The fourth-order valence-electron chi connectivity index (χ4n) is 1.69. The predicted octanol–water partition coefficient (Wildman–Crippen LogP) is 2.85. The molecule has 0 aliphatic rings. The van der Waals surface area contributed by atoms with E-state index in [1.54, 1.807) is 0 Å². The van der Waals surface area contributed by atoms with Crippen LogP contribution in [-0.2, 0) is 0 Å². The van der Waals surface area contributed by atoms with Gasteiger partial charge in [-0.25, -0.2) is 14.8 Å². The maximum Gasteiger partial charge on any atom is 0.338 e. The SMILES string of the molecule is Cc1c([N+](=O)[O-])cc2nc(Cl)c(Cl)nc2c1C(=O)O. The highest BCUT2D eigenvalue weighted by Crippen LogP contribution is 2.31. The molecule has 0 bridgehead atoms. The quantitative estimate of drug-likeness (QED) is 0.675. The Balaban J connectivity index is 3.00. The maximum absolute atomic E-state index is 11.2. The topological polar surface area (TPSA) is 106 Å². The standard InChI is InChI=1S/C10H5Cl2N3O4/c1-3-5(15(18)19)2-4-7(6(3)10(16)17)14-9(12)8(11)13-4/h2H,1H3,(H,16,17). The molecule has 0 radical (unpaired) electrons. The van der Waals surface area contributed by atoms with Gasteiger partial charge in [0.25, 0.3) is 5.69 Å². The zero-order valence-electron chi connectivity index (χ0n) is 9.35. The van der Waals surface area contributed by atoms with Gasteiger partial charge in [0.15, 0.2) is 10.3 Å². The van der Waals surface area contributed by atoms with Crippen molar-refractivity contribution in [3.63, 3.8) is 0 Å². The van der Waals surface area contributed by atoms with E-state index in [1.807, 2.05) is 0 Å². The van der Waals surface area contributed by atoms with Crippen molar-refractivity contribution >= 4 is 45.9 Å². The van der Waals surface area contributed by atoms with Crippen molar-refractivity contribution in [3.8, 4) is 0 Å². The van der Waals surface area contributed by atoms with Crippen molar-refractivity contribution < 1.29 is 14.8 Å². The van der Waals surface area contributed by atoms with Gasteiger partial charge in [-0.05, 0) is 6.92 Å². The van der Waals surface area contributed by atoms with Crippen LogP contribution in [0.5, 0.6) is 0 Å². The monoisotopic (exact) mass is 301 g/mol. The Morgan fingerprint density at radius 3 is 2.47 bits per heavy atom. The van der Waals surface area contributed by atoms with Gasteiger partial charge in [0.1, 0.15) is 5.52 Å². The average Bonchev–Trinajstić information content (AvgIpc) is 2.29. The van der Waals surface area contributed by atoms with Crippen LogP contribution in [0.3, 0.4) is 0 Å². The van der Waals surface area contributed by atoms with E-state index in [2.05, 4.69) is 9.97 Å². The van der Waals surface area contributed by atoms with E-state index < -0.39 is 10.9 Å². The fourth-order valence-corrected chi connectivity index (χ4v) is 1.95. The first kappa shape index (κ1) is 13.4. The molecule has 98 valence electrons. The van der Waals surface area contributed by atoms with Gasteiger partial charge < -0.3 is 5.11 Å². The molecule has 0 aliphatic carbocycles. The molecule has 0 atom stereocenters. The molecule has 1 aromatic heterocycles. The second-order valence-electron chi connectivity index (χ2n) is 3.63.